The highest BCUT2D eigenvalue weighted by atomic mass is 16.1. The van der Waals surface area contributed by atoms with Crippen LogP contribution in [-0.4, -0.2) is 17.2 Å². The van der Waals surface area contributed by atoms with Crippen molar-refractivity contribution in [1.29, 1.82) is 0 Å². The first-order valence-corrected chi connectivity index (χ1v) is 6.06. The predicted molar refractivity (Wildman–Crippen MR) is 70.5 cm³/mol. The molecular weight excluding hydrogens is 224 g/mol. The number of nitrogens with zero attached hydrogens (tertiary/aromatic N) is 2. The van der Waals surface area contributed by atoms with Crippen LogP contribution in [0.15, 0.2) is 57.7 Å². The molecule has 1 aliphatic carbocycles. The maximum atomic E-state index is 12.4. The zero-order chi connectivity index (χ0) is 12.1. The molecule has 0 saturated heterocycles. The standard InChI is InChI=1S/C15H10N2O/c18-15-10-6-2-4-8-12(10)16-13-9-5-1-3-7-11(9)17-14(13)15/h1,3-5,7-8H,2,6H2. The summed E-state index contributed by atoms with van der Waals surface area (Å²) in [6.45, 7) is 0. The number of allylic oxidation sites excluding steroid dienone is 3. The van der Waals surface area contributed by atoms with Crippen molar-refractivity contribution in [3.8, 4) is 0 Å². The molecule has 0 N–H and O–H groups in total. The minimum atomic E-state index is 0.0514. The van der Waals surface area contributed by atoms with Crippen molar-refractivity contribution in [3.63, 3.8) is 0 Å². The molecule has 0 fully saturated rings. The van der Waals surface area contributed by atoms with Gasteiger partial charge in [-0.2, -0.15) is 0 Å². The Hall–Kier alpha value is -2.29. The number of hydrogen-bond acceptors (Lipinski definition) is 3. The maximum absolute atomic E-state index is 12.4. The third-order valence-corrected chi connectivity index (χ3v) is 3.48. The van der Waals surface area contributed by atoms with Crippen LogP contribution in [0.1, 0.15) is 18.4 Å². The lowest BCUT2D eigenvalue weighted by atomic mass is 9.90. The second-order valence-corrected chi connectivity index (χ2v) is 4.57. The monoisotopic (exact) mass is 234 g/mol. The van der Waals surface area contributed by atoms with E-state index in [1.807, 2.05) is 30.3 Å². The summed E-state index contributed by atoms with van der Waals surface area (Å²) in [6.07, 6.45) is 5.70. The average Bonchev–Trinajstić information content (AvgIpc) is 2.79. The summed E-state index contributed by atoms with van der Waals surface area (Å²) in [7, 11) is 0. The Bertz CT molecular complexity index is 705. The number of benzene rings is 1. The number of fused-ring (bicyclic) bond motifs is 3. The van der Waals surface area contributed by atoms with Crippen molar-refractivity contribution in [3.05, 3.63) is 53.3 Å². The number of carbonyl (C=O) groups is 1. The predicted octanol–water partition coefficient (Wildman–Crippen LogP) is 2.75. The van der Waals surface area contributed by atoms with Crippen molar-refractivity contribution in [2.75, 3.05) is 0 Å². The third-order valence-electron chi connectivity index (χ3n) is 3.48. The van der Waals surface area contributed by atoms with E-state index in [1.54, 1.807) is 0 Å². The average molecular weight is 234 g/mol. The van der Waals surface area contributed by atoms with E-state index in [2.05, 4.69) is 16.1 Å². The van der Waals surface area contributed by atoms with Crippen LogP contribution in [0.5, 0.6) is 0 Å². The normalized spacial score (nSPS) is 20.1. The summed E-state index contributed by atoms with van der Waals surface area (Å²) < 4.78 is 0. The Morgan fingerprint density at radius 3 is 2.89 bits per heavy atom. The van der Waals surface area contributed by atoms with Gasteiger partial charge in [-0.05, 0) is 25.0 Å². The van der Waals surface area contributed by atoms with Crippen LogP contribution in [0.2, 0.25) is 0 Å². The molecule has 0 amide bonds. The Labute approximate surface area is 104 Å². The molecular formula is C15H10N2O. The number of hydrogen-bond donors (Lipinski definition) is 0. The van der Waals surface area contributed by atoms with Crippen LogP contribution in [0.4, 0.5) is 5.69 Å². The van der Waals surface area contributed by atoms with Crippen molar-refractivity contribution >= 4 is 22.9 Å². The van der Waals surface area contributed by atoms with Crippen molar-refractivity contribution in [2.24, 2.45) is 9.98 Å². The lowest BCUT2D eigenvalue weighted by Crippen LogP contribution is -2.28. The molecule has 2 heterocycles. The Balaban J connectivity index is 1.97. The lowest BCUT2D eigenvalue weighted by molar-refractivity contribution is -0.109. The summed E-state index contributed by atoms with van der Waals surface area (Å²) in [6, 6.07) is 7.77. The number of rotatable bonds is 0. The van der Waals surface area contributed by atoms with E-state index in [-0.39, 0.29) is 5.78 Å². The molecule has 0 bridgehead atoms. The molecule has 0 unspecified atom stereocenters. The maximum Gasteiger partial charge on any atom is 0.211 e. The van der Waals surface area contributed by atoms with Gasteiger partial charge in [0.1, 0.15) is 11.4 Å². The highest BCUT2D eigenvalue weighted by Gasteiger charge is 2.34. The van der Waals surface area contributed by atoms with Crippen molar-refractivity contribution in [2.45, 2.75) is 12.8 Å². The molecule has 0 atom stereocenters. The molecule has 3 nitrogen and oxygen atoms in total. The topological polar surface area (TPSA) is 41.8 Å². The van der Waals surface area contributed by atoms with Gasteiger partial charge in [-0.1, -0.05) is 24.3 Å². The SMILES string of the molecule is O=C1C2=Nc3ccccc3C2=NC2=C1CCC=C2. The largest absolute Gasteiger partial charge is 0.287 e. The minimum Gasteiger partial charge on any atom is -0.287 e. The number of aliphatic imine (C=N–C) groups is 2. The van der Waals surface area contributed by atoms with Gasteiger partial charge in [0.25, 0.3) is 0 Å². The van der Waals surface area contributed by atoms with Gasteiger partial charge in [-0.25, -0.2) is 9.98 Å². The van der Waals surface area contributed by atoms with Crippen LogP contribution < -0.4 is 0 Å². The Morgan fingerprint density at radius 1 is 1.06 bits per heavy atom. The number of ketones is 1. The molecule has 1 aromatic carbocycles. The molecule has 4 rings (SSSR count). The number of para-hydroxylation sites is 1. The van der Waals surface area contributed by atoms with E-state index in [9.17, 15) is 4.79 Å². The van der Waals surface area contributed by atoms with Crippen LogP contribution >= 0.6 is 0 Å². The lowest BCUT2D eigenvalue weighted by Gasteiger charge is -2.17. The van der Waals surface area contributed by atoms with E-state index in [1.165, 1.54) is 0 Å². The number of Topliss-reactive ketones (excluding diaryl/α,β-unsaturated/α-hetero) is 1. The molecule has 3 aliphatic rings. The zero-order valence-electron chi connectivity index (χ0n) is 9.68. The van der Waals surface area contributed by atoms with Gasteiger partial charge >= 0.3 is 0 Å². The Kier molecular flexibility index (Phi) is 1.81. The fourth-order valence-electron chi connectivity index (χ4n) is 2.59. The number of carbonyl (C=O) groups excluding carboxylic acids is 1. The molecule has 0 radical (unpaired) electrons. The van der Waals surface area contributed by atoms with E-state index >= 15 is 0 Å². The summed E-state index contributed by atoms with van der Waals surface area (Å²) in [4.78, 5) is 21.4. The molecule has 86 valence electrons. The highest BCUT2D eigenvalue weighted by Crippen LogP contribution is 2.34. The summed E-state index contributed by atoms with van der Waals surface area (Å²) in [5.74, 6) is 0.0514. The van der Waals surface area contributed by atoms with Gasteiger partial charge in [0.05, 0.1) is 11.4 Å². The van der Waals surface area contributed by atoms with E-state index in [0.717, 1.165) is 41.1 Å². The minimum absolute atomic E-state index is 0.0514. The molecule has 0 spiro atoms. The first-order valence-electron chi connectivity index (χ1n) is 6.06. The van der Waals surface area contributed by atoms with Gasteiger partial charge in [-0.3, -0.25) is 4.79 Å². The summed E-state index contributed by atoms with van der Waals surface area (Å²) >= 11 is 0. The fraction of sp³-hybridized carbons (Fsp3) is 0.133. The van der Waals surface area contributed by atoms with Crippen LogP contribution in [0.3, 0.4) is 0 Å². The molecule has 18 heavy (non-hydrogen) atoms. The fourth-order valence-corrected chi connectivity index (χ4v) is 2.59. The smallest absolute Gasteiger partial charge is 0.211 e. The molecule has 3 heteroatoms. The first-order chi connectivity index (χ1) is 8.84. The Morgan fingerprint density at radius 2 is 1.94 bits per heavy atom. The van der Waals surface area contributed by atoms with Crippen molar-refractivity contribution < 1.29 is 4.79 Å². The summed E-state index contributed by atoms with van der Waals surface area (Å²) in [5.41, 5.74) is 4.70. The first kappa shape index (κ1) is 9.71. The third kappa shape index (κ3) is 1.16. The van der Waals surface area contributed by atoms with Gasteiger partial charge in [0.2, 0.25) is 5.78 Å². The molecule has 1 aromatic rings. The molecule has 2 aliphatic heterocycles. The highest BCUT2D eigenvalue weighted by molar-refractivity contribution is 6.76. The van der Waals surface area contributed by atoms with Gasteiger partial charge in [0.15, 0.2) is 0 Å². The van der Waals surface area contributed by atoms with Crippen LogP contribution in [0.25, 0.3) is 0 Å². The van der Waals surface area contributed by atoms with E-state index < -0.39 is 0 Å². The van der Waals surface area contributed by atoms with E-state index in [0.29, 0.717) is 5.71 Å². The molecule has 0 aromatic heterocycles. The van der Waals surface area contributed by atoms with Gasteiger partial charge in [0, 0.05) is 11.1 Å². The summed E-state index contributed by atoms with van der Waals surface area (Å²) in [5, 5.41) is 0. The van der Waals surface area contributed by atoms with Gasteiger partial charge in [-0.15, -0.1) is 0 Å². The van der Waals surface area contributed by atoms with E-state index in [4.69, 9.17) is 0 Å². The van der Waals surface area contributed by atoms with Crippen molar-refractivity contribution in [1.82, 2.24) is 0 Å². The second-order valence-electron chi connectivity index (χ2n) is 4.57. The quantitative estimate of drug-likeness (QED) is 0.680. The second kappa shape index (κ2) is 3.35. The van der Waals surface area contributed by atoms with Crippen LogP contribution in [-0.2, 0) is 4.79 Å². The van der Waals surface area contributed by atoms with Crippen LogP contribution in [0, 0.1) is 0 Å². The van der Waals surface area contributed by atoms with Gasteiger partial charge < -0.3 is 0 Å². The zero-order valence-corrected chi connectivity index (χ0v) is 9.68. The molecule has 0 saturated carbocycles.